The van der Waals surface area contributed by atoms with Gasteiger partial charge in [0, 0.05) is 6.54 Å². The van der Waals surface area contributed by atoms with Gasteiger partial charge in [0.25, 0.3) is 0 Å². The molecule has 0 spiro atoms. The molecule has 0 aromatic heterocycles. The van der Waals surface area contributed by atoms with Crippen LogP contribution in [0.4, 0.5) is 0 Å². The van der Waals surface area contributed by atoms with Crippen LogP contribution in [0.15, 0.2) is 30.3 Å². The van der Waals surface area contributed by atoms with Gasteiger partial charge in [0.15, 0.2) is 0 Å². The molecule has 1 aliphatic carbocycles. The van der Waals surface area contributed by atoms with Crippen LogP contribution in [0.3, 0.4) is 0 Å². The van der Waals surface area contributed by atoms with Crippen LogP contribution < -0.4 is 5.48 Å². The highest BCUT2D eigenvalue weighted by molar-refractivity contribution is 5.24. The van der Waals surface area contributed by atoms with Crippen molar-refractivity contribution < 1.29 is 4.84 Å². The first-order valence-electron chi connectivity index (χ1n) is 6.23. The maximum atomic E-state index is 9.13. The molecular formula is C14H18N2O. The van der Waals surface area contributed by atoms with Gasteiger partial charge in [0.2, 0.25) is 0 Å². The second kappa shape index (κ2) is 6.39. The van der Waals surface area contributed by atoms with Crippen molar-refractivity contribution in [3.63, 3.8) is 0 Å². The Hall–Kier alpha value is -1.37. The lowest BCUT2D eigenvalue weighted by atomic mass is 10.0. The van der Waals surface area contributed by atoms with Gasteiger partial charge in [-0.15, -0.1) is 0 Å². The van der Waals surface area contributed by atoms with Crippen molar-refractivity contribution in [2.24, 2.45) is 0 Å². The first-order chi connectivity index (χ1) is 8.40. The fraction of sp³-hybridized carbons (Fsp3) is 0.500. The highest BCUT2D eigenvalue weighted by Gasteiger charge is 2.16. The molecule has 1 atom stereocenters. The molecule has 2 rings (SSSR count). The zero-order valence-electron chi connectivity index (χ0n) is 9.93. The summed E-state index contributed by atoms with van der Waals surface area (Å²) in [7, 11) is 0. The summed E-state index contributed by atoms with van der Waals surface area (Å²) in [4.78, 5) is 5.56. The van der Waals surface area contributed by atoms with Crippen LogP contribution in [0.2, 0.25) is 0 Å². The highest BCUT2D eigenvalue weighted by Crippen LogP contribution is 2.20. The Labute approximate surface area is 102 Å². The van der Waals surface area contributed by atoms with Crippen LogP contribution in [0.1, 0.15) is 37.2 Å². The predicted octanol–water partition coefficient (Wildman–Crippen LogP) is 2.76. The number of hydrogen-bond donors (Lipinski definition) is 1. The van der Waals surface area contributed by atoms with Crippen molar-refractivity contribution in [1.29, 1.82) is 5.26 Å². The Morgan fingerprint density at radius 2 is 2.00 bits per heavy atom. The first-order valence-corrected chi connectivity index (χ1v) is 6.23. The second-order valence-corrected chi connectivity index (χ2v) is 4.47. The van der Waals surface area contributed by atoms with Gasteiger partial charge in [-0.1, -0.05) is 43.2 Å². The summed E-state index contributed by atoms with van der Waals surface area (Å²) < 4.78 is 0. The fourth-order valence-electron chi connectivity index (χ4n) is 2.18. The third-order valence-corrected chi connectivity index (χ3v) is 3.20. The number of nitrogens with one attached hydrogen (secondary N) is 1. The number of hydroxylamine groups is 1. The van der Waals surface area contributed by atoms with Crippen molar-refractivity contribution in [3.8, 4) is 6.07 Å². The summed E-state index contributed by atoms with van der Waals surface area (Å²) in [5.41, 5.74) is 3.99. The third-order valence-electron chi connectivity index (χ3n) is 3.20. The molecule has 1 N–H and O–H groups in total. The second-order valence-electron chi connectivity index (χ2n) is 4.47. The quantitative estimate of drug-likeness (QED) is 0.791. The van der Waals surface area contributed by atoms with E-state index in [4.69, 9.17) is 10.1 Å². The molecule has 1 aliphatic rings. The van der Waals surface area contributed by atoms with Crippen LogP contribution in [0.5, 0.6) is 0 Å². The zero-order valence-corrected chi connectivity index (χ0v) is 9.93. The molecule has 0 radical (unpaired) electrons. The van der Waals surface area contributed by atoms with Gasteiger partial charge in [-0.25, -0.2) is 5.48 Å². The van der Waals surface area contributed by atoms with Crippen molar-refractivity contribution in [2.75, 3.05) is 6.54 Å². The smallest absolute Gasteiger partial charge is 0.0860 e. The highest BCUT2D eigenvalue weighted by atomic mass is 16.7. The topological polar surface area (TPSA) is 45.0 Å². The van der Waals surface area contributed by atoms with E-state index in [0.29, 0.717) is 12.6 Å². The Kier molecular flexibility index (Phi) is 4.54. The van der Waals surface area contributed by atoms with E-state index in [1.807, 2.05) is 30.3 Å². The predicted molar refractivity (Wildman–Crippen MR) is 66.1 cm³/mol. The van der Waals surface area contributed by atoms with Crippen LogP contribution in [0.25, 0.3) is 0 Å². The van der Waals surface area contributed by atoms with Crippen molar-refractivity contribution >= 4 is 0 Å². The Morgan fingerprint density at radius 1 is 1.29 bits per heavy atom. The molecule has 17 heavy (non-hydrogen) atoms. The standard InChI is InChI=1S/C14H18N2O/c15-10-13(12-6-2-1-3-7-12)11-16-17-14-8-4-5-9-14/h1-3,6-7,13-14,16H,4-5,8-9,11H2. The summed E-state index contributed by atoms with van der Waals surface area (Å²) in [5.74, 6) is -0.141. The third kappa shape index (κ3) is 3.55. The monoisotopic (exact) mass is 230 g/mol. The minimum absolute atomic E-state index is 0.141. The van der Waals surface area contributed by atoms with Crippen LogP contribution >= 0.6 is 0 Å². The van der Waals surface area contributed by atoms with E-state index in [0.717, 1.165) is 18.4 Å². The molecule has 1 saturated carbocycles. The van der Waals surface area contributed by atoms with Crippen LogP contribution in [0, 0.1) is 11.3 Å². The minimum Gasteiger partial charge on any atom is -0.298 e. The summed E-state index contributed by atoms with van der Waals surface area (Å²) >= 11 is 0. The van der Waals surface area contributed by atoms with Crippen molar-refractivity contribution in [2.45, 2.75) is 37.7 Å². The average molecular weight is 230 g/mol. The molecular weight excluding hydrogens is 212 g/mol. The average Bonchev–Trinajstić information content (AvgIpc) is 2.89. The van der Waals surface area contributed by atoms with Gasteiger partial charge in [0.05, 0.1) is 18.1 Å². The summed E-state index contributed by atoms with van der Waals surface area (Å²) in [6.45, 7) is 0.553. The lowest BCUT2D eigenvalue weighted by molar-refractivity contribution is -0.0211. The normalized spacial score (nSPS) is 17.8. The Balaban J connectivity index is 1.78. The molecule has 1 aromatic carbocycles. The van der Waals surface area contributed by atoms with Gasteiger partial charge >= 0.3 is 0 Å². The zero-order chi connectivity index (χ0) is 11.9. The lowest BCUT2D eigenvalue weighted by Crippen LogP contribution is -2.26. The molecule has 0 amide bonds. The molecule has 3 nitrogen and oxygen atoms in total. The number of rotatable bonds is 5. The molecule has 1 unspecified atom stereocenters. The van der Waals surface area contributed by atoms with E-state index in [1.165, 1.54) is 12.8 Å². The number of nitrogens with zero attached hydrogens (tertiary/aromatic N) is 1. The number of hydrogen-bond acceptors (Lipinski definition) is 3. The van der Waals surface area contributed by atoms with Gasteiger partial charge in [-0.3, -0.25) is 4.84 Å². The van der Waals surface area contributed by atoms with Gasteiger partial charge in [-0.2, -0.15) is 5.26 Å². The molecule has 1 fully saturated rings. The molecule has 3 heteroatoms. The summed E-state index contributed by atoms with van der Waals surface area (Å²) in [5, 5.41) is 9.13. The van der Waals surface area contributed by atoms with Crippen LogP contribution in [-0.2, 0) is 4.84 Å². The largest absolute Gasteiger partial charge is 0.298 e. The van der Waals surface area contributed by atoms with Crippen molar-refractivity contribution in [1.82, 2.24) is 5.48 Å². The first kappa shape index (κ1) is 12.1. The van der Waals surface area contributed by atoms with Crippen molar-refractivity contribution in [3.05, 3.63) is 35.9 Å². The summed E-state index contributed by atoms with van der Waals surface area (Å²) in [6, 6.07) is 12.1. The van der Waals surface area contributed by atoms with Gasteiger partial charge < -0.3 is 0 Å². The molecule has 0 aliphatic heterocycles. The number of nitriles is 1. The van der Waals surface area contributed by atoms with E-state index < -0.39 is 0 Å². The van der Waals surface area contributed by atoms with E-state index in [1.54, 1.807) is 0 Å². The SMILES string of the molecule is N#CC(CNOC1CCCC1)c1ccccc1. The minimum atomic E-state index is -0.141. The lowest BCUT2D eigenvalue weighted by Gasteiger charge is -2.14. The molecule has 0 heterocycles. The van der Waals surface area contributed by atoms with Gasteiger partial charge in [0.1, 0.15) is 0 Å². The molecule has 0 saturated heterocycles. The van der Waals surface area contributed by atoms with E-state index in [9.17, 15) is 0 Å². The molecule has 90 valence electrons. The van der Waals surface area contributed by atoms with Gasteiger partial charge in [-0.05, 0) is 18.4 Å². The Bertz CT molecular complexity index is 366. The maximum absolute atomic E-state index is 9.13. The Morgan fingerprint density at radius 3 is 2.65 bits per heavy atom. The van der Waals surface area contributed by atoms with E-state index in [2.05, 4.69) is 11.5 Å². The van der Waals surface area contributed by atoms with E-state index in [-0.39, 0.29) is 5.92 Å². The molecule has 0 bridgehead atoms. The maximum Gasteiger partial charge on any atom is 0.0860 e. The number of benzene rings is 1. The summed E-state index contributed by atoms with van der Waals surface area (Å²) in [6.07, 6.45) is 5.12. The fourth-order valence-corrected chi connectivity index (χ4v) is 2.18. The van der Waals surface area contributed by atoms with E-state index >= 15 is 0 Å². The molecule has 1 aromatic rings. The van der Waals surface area contributed by atoms with Crippen LogP contribution in [-0.4, -0.2) is 12.6 Å².